The maximum Gasteiger partial charge on any atom is 0.0844 e. The second-order valence-corrected chi connectivity index (χ2v) is 7.30. The Labute approximate surface area is 125 Å². The van der Waals surface area contributed by atoms with E-state index in [0.717, 1.165) is 25.9 Å². The van der Waals surface area contributed by atoms with Crippen LogP contribution in [0.5, 0.6) is 0 Å². The normalized spacial score (nSPS) is 35.0. The fraction of sp³-hybridized carbons (Fsp3) is 0.556. The van der Waals surface area contributed by atoms with Gasteiger partial charge in [-0.2, -0.15) is 0 Å². The first-order valence-corrected chi connectivity index (χ1v) is 8.23. The average Bonchev–Trinajstić information content (AvgIpc) is 2.81. The fourth-order valence-corrected chi connectivity index (χ4v) is 5.19. The van der Waals surface area contributed by atoms with Gasteiger partial charge >= 0.3 is 0 Å². The number of piperidine rings is 1. The largest absolute Gasteiger partial charge is 0.388 e. The molecular weight excluding hydrogens is 260 g/mol. The van der Waals surface area contributed by atoms with Crippen molar-refractivity contribution in [1.82, 2.24) is 9.47 Å². The third-order valence-electron chi connectivity index (χ3n) is 6.06. The quantitative estimate of drug-likeness (QED) is 0.805. The summed E-state index contributed by atoms with van der Waals surface area (Å²) >= 11 is 0. The van der Waals surface area contributed by atoms with Crippen LogP contribution in [0, 0.1) is 5.92 Å². The Kier molecular flexibility index (Phi) is 2.28. The minimum Gasteiger partial charge on any atom is -0.388 e. The molecule has 1 N–H and O–H groups in total. The molecule has 1 aromatic heterocycles. The number of aliphatic hydroxyl groups is 1. The monoisotopic (exact) mass is 282 g/mol. The zero-order valence-electron chi connectivity index (χ0n) is 12.5. The summed E-state index contributed by atoms with van der Waals surface area (Å²) in [6.45, 7) is 5.14. The van der Waals surface area contributed by atoms with E-state index in [4.69, 9.17) is 0 Å². The highest BCUT2D eigenvalue weighted by atomic mass is 16.3. The lowest BCUT2D eigenvalue weighted by Crippen LogP contribution is -2.56. The molecule has 0 aliphatic carbocycles. The molecular formula is C18H22N2O. The summed E-state index contributed by atoms with van der Waals surface area (Å²) in [7, 11) is 0. The summed E-state index contributed by atoms with van der Waals surface area (Å²) < 4.78 is 2.42. The van der Waals surface area contributed by atoms with Gasteiger partial charge in [0.05, 0.1) is 18.2 Å². The van der Waals surface area contributed by atoms with Crippen molar-refractivity contribution >= 4 is 10.9 Å². The molecule has 0 saturated carbocycles. The van der Waals surface area contributed by atoms with E-state index in [0.29, 0.717) is 12.0 Å². The maximum absolute atomic E-state index is 11.1. The molecule has 21 heavy (non-hydrogen) atoms. The van der Waals surface area contributed by atoms with Gasteiger partial charge in [0.2, 0.25) is 0 Å². The molecule has 1 aromatic carbocycles. The summed E-state index contributed by atoms with van der Waals surface area (Å²) in [4.78, 5) is 2.62. The van der Waals surface area contributed by atoms with E-state index in [2.05, 4.69) is 33.7 Å². The van der Waals surface area contributed by atoms with Gasteiger partial charge in [-0.05, 0) is 44.4 Å². The van der Waals surface area contributed by atoms with E-state index in [1.807, 2.05) is 6.92 Å². The van der Waals surface area contributed by atoms with Gasteiger partial charge in [0, 0.05) is 29.1 Å². The van der Waals surface area contributed by atoms with Crippen molar-refractivity contribution in [3.05, 3.63) is 35.5 Å². The van der Waals surface area contributed by atoms with Crippen LogP contribution in [0.1, 0.15) is 37.1 Å². The van der Waals surface area contributed by atoms with Gasteiger partial charge in [0.25, 0.3) is 0 Å². The van der Waals surface area contributed by atoms with Crippen LogP contribution in [0.4, 0.5) is 0 Å². The number of nitrogens with zero attached hydrogens (tertiary/aromatic N) is 2. The lowest BCUT2D eigenvalue weighted by atomic mass is 9.71. The van der Waals surface area contributed by atoms with Crippen LogP contribution >= 0.6 is 0 Å². The van der Waals surface area contributed by atoms with Crippen LogP contribution in [0.25, 0.3) is 10.9 Å². The second-order valence-electron chi connectivity index (χ2n) is 7.30. The molecule has 0 spiro atoms. The van der Waals surface area contributed by atoms with Gasteiger partial charge in [-0.1, -0.05) is 18.2 Å². The summed E-state index contributed by atoms with van der Waals surface area (Å²) in [5.74, 6) is 0.391. The Bertz CT molecular complexity index is 730. The average molecular weight is 282 g/mol. The Morgan fingerprint density at radius 2 is 2.10 bits per heavy atom. The summed E-state index contributed by atoms with van der Waals surface area (Å²) in [6, 6.07) is 9.18. The molecule has 1 saturated heterocycles. The van der Waals surface area contributed by atoms with Gasteiger partial charge in [0.15, 0.2) is 0 Å². The van der Waals surface area contributed by atoms with Crippen LogP contribution in [-0.4, -0.2) is 33.3 Å². The maximum atomic E-state index is 11.1. The van der Waals surface area contributed by atoms with Crippen molar-refractivity contribution in [2.24, 2.45) is 5.92 Å². The first kappa shape index (κ1) is 12.2. The van der Waals surface area contributed by atoms with E-state index >= 15 is 0 Å². The number of hydrogen-bond donors (Lipinski definition) is 1. The predicted octanol–water partition coefficient (Wildman–Crippen LogP) is 2.72. The molecule has 110 valence electrons. The summed E-state index contributed by atoms with van der Waals surface area (Å²) in [6.07, 6.45) is 3.55. The Morgan fingerprint density at radius 1 is 1.24 bits per heavy atom. The van der Waals surface area contributed by atoms with Crippen molar-refractivity contribution in [2.45, 2.75) is 44.4 Å². The first-order chi connectivity index (χ1) is 10.2. The second kappa shape index (κ2) is 3.90. The van der Waals surface area contributed by atoms with Gasteiger partial charge in [-0.15, -0.1) is 0 Å². The number of para-hydroxylation sites is 1. The van der Waals surface area contributed by atoms with E-state index in [1.54, 1.807) is 5.56 Å². The van der Waals surface area contributed by atoms with Gasteiger partial charge < -0.3 is 9.67 Å². The van der Waals surface area contributed by atoms with Gasteiger partial charge in [-0.3, -0.25) is 4.90 Å². The molecule has 3 unspecified atom stereocenters. The number of fused-ring (bicyclic) bond motifs is 3. The van der Waals surface area contributed by atoms with E-state index in [-0.39, 0.29) is 0 Å². The van der Waals surface area contributed by atoms with Crippen LogP contribution in [0.15, 0.2) is 24.3 Å². The molecule has 4 heterocycles. The Balaban J connectivity index is 1.85. The van der Waals surface area contributed by atoms with Crippen molar-refractivity contribution < 1.29 is 5.11 Å². The lowest BCUT2D eigenvalue weighted by Gasteiger charge is -2.53. The summed E-state index contributed by atoms with van der Waals surface area (Å²) in [5.41, 5.74) is 3.79. The fourth-order valence-electron chi connectivity index (χ4n) is 5.19. The standard InChI is InChI=1S/C18H22N2O/c1-18(21)11-20-15-7-3-2-5-12(15)13-8-10-19-9-4-6-14(18)17(19)16(13)20/h2-3,5,7,14,17,21H,4,6,8-11H2,1H3. The molecule has 2 aromatic rings. The zero-order chi connectivity index (χ0) is 14.2. The van der Waals surface area contributed by atoms with Crippen LogP contribution in [0.2, 0.25) is 0 Å². The third kappa shape index (κ3) is 1.46. The molecule has 0 radical (unpaired) electrons. The highest BCUT2D eigenvalue weighted by Crippen LogP contribution is 2.51. The first-order valence-electron chi connectivity index (χ1n) is 8.23. The van der Waals surface area contributed by atoms with Crippen molar-refractivity contribution in [1.29, 1.82) is 0 Å². The molecule has 3 atom stereocenters. The van der Waals surface area contributed by atoms with Gasteiger partial charge in [-0.25, -0.2) is 0 Å². The highest BCUT2D eigenvalue weighted by Gasteiger charge is 2.50. The van der Waals surface area contributed by atoms with Crippen LogP contribution in [-0.2, 0) is 13.0 Å². The zero-order valence-corrected chi connectivity index (χ0v) is 12.5. The van der Waals surface area contributed by atoms with Crippen LogP contribution < -0.4 is 0 Å². The molecule has 0 amide bonds. The minimum atomic E-state index is -0.591. The molecule has 3 aliphatic rings. The highest BCUT2D eigenvalue weighted by molar-refractivity contribution is 5.86. The third-order valence-corrected chi connectivity index (χ3v) is 6.06. The van der Waals surface area contributed by atoms with E-state index < -0.39 is 5.60 Å². The van der Waals surface area contributed by atoms with Crippen LogP contribution in [0.3, 0.4) is 0 Å². The molecule has 3 aliphatic heterocycles. The summed E-state index contributed by atoms with van der Waals surface area (Å²) in [5, 5.41) is 12.5. The van der Waals surface area contributed by atoms with Gasteiger partial charge in [0.1, 0.15) is 0 Å². The van der Waals surface area contributed by atoms with Crippen molar-refractivity contribution in [2.75, 3.05) is 13.1 Å². The Morgan fingerprint density at radius 3 is 3.00 bits per heavy atom. The molecule has 3 heteroatoms. The smallest absolute Gasteiger partial charge is 0.0844 e. The molecule has 3 nitrogen and oxygen atoms in total. The van der Waals surface area contributed by atoms with Crippen molar-refractivity contribution in [3.63, 3.8) is 0 Å². The SMILES string of the molecule is CC1(O)Cn2c3c(c4ccccc42)CCN2CCCC1C32. The number of rotatable bonds is 0. The number of hydrogen-bond acceptors (Lipinski definition) is 2. The van der Waals surface area contributed by atoms with E-state index in [9.17, 15) is 5.11 Å². The topological polar surface area (TPSA) is 28.4 Å². The molecule has 5 rings (SSSR count). The Hall–Kier alpha value is -1.32. The lowest BCUT2D eigenvalue weighted by molar-refractivity contribution is -0.0953. The predicted molar refractivity (Wildman–Crippen MR) is 83.3 cm³/mol. The molecule has 0 bridgehead atoms. The molecule has 1 fully saturated rings. The van der Waals surface area contributed by atoms with Crippen molar-refractivity contribution in [3.8, 4) is 0 Å². The number of aromatic nitrogens is 1. The number of benzene rings is 1. The van der Waals surface area contributed by atoms with E-state index in [1.165, 1.54) is 29.6 Å². The minimum absolute atomic E-state index is 0.391.